The molecule has 5 heteroatoms. The van der Waals surface area contributed by atoms with Gasteiger partial charge in [-0.2, -0.15) is 0 Å². The number of nitrogens with zero attached hydrogens (tertiary/aromatic N) is 1. The quantitative estimate of drug-likeness (QED) is 0.504. The third-order valence-electron chi connectivity index (χ3n) is 4.77. The largest absolute Gasteiger partial charge is 0.361 e. The first-order valence-electron chi connectivity index (χ1n) is 8.26. The SMILES string of the molecule is C=CCC1(CC=C)CCCC(CC=C)(CC=C)N1NC(=O)C(N)=O. The van der Waals surface area contributed by atoms with Crippen molar-refractivity contribution in [2.24, 2.45) is 5.73 Å². The summed E-state index contributed by atoms with van der Waals surface area (Å²) in [7, 11) is 0. The Morgan fingerprint density at radius 3 is 1.58 bits per heavy atom. The normalized spacial score (nSPS) is 19.0. The molecule has 1 fully saturated rings. The second-order valence-electron chi connectivity index (χ2n) is 6.41. The second kappa shape index (κ2) is 8.64. The molecule has 1 aliphatic rings. The molecule has 0 aromatic rings. The highest BCUT2D eigenvalue weighted by Gasteiger charge is 2.50. The van der Waals surface area contributed by atoms with E-state index in [0.717, 1.165) is 19.3 Å². The van der Waals surface area contributed by atoms with Gasteiger partial charge in [0.2, 0.25) is 0 Å². The predicted molar refractivity (Wildman–Crippen MR) is 97.7 cm³/mol. The van der Waals surface area contributed by atoms with Gasteiger partial charge >= 0.3 is 11.8 Å². The molecule has 1 rings (SSSR count). The Morgan fingerprint density at radius 1 is 0.917 bits per heavy atom. The summed E-state index contributed by atoms with van der Waals surface area (Å²) in [5, 5.41) is 1.92. The number of carbonyl (C=O) groups excluding carboxylic acids is 2. The molecule has 1 saturated heterocycles. The number of piperidine rings is 1. The molecule has 0 atom stereocenters. The van der Waals surface area contributed by atoms with Gasteiger partial charge in [0.15, 0.2) is 0 Å². The van der Waals surface area contributed by atoms with Gasteiger partial charge < -0.3 is 5.73 Å². The molecule has 0 aromatic heterocycles. The monoisotopic (exact) mass is 331 g/mol. The fourth-order valence-corrected chi connectivity index (χ4v) is 3.88. The average molecular weight is 331 g/mol. The Hall–Kier alpha value is -2.14. The van der Waals surface area contributed by atoms with Crippen molar-refractivity contribution in [2.45, 2.75) is 56.0 Å². The summed E-state index contributed by atoms with van der Waals surface area (Å²) in [5.74, 6) is -1.82. The summed E-state index contributed by atoms with van der Waals surface area (Å²) in [6, 6.07) is 0. The molecule has 0 saturated carbocycles. The van der Waals surface area contributed by atoms with Crippen LogP contribution in [0.5, 0.6) is 0 Å². The van der Waals surface area contributed by atoms with Gasteiger partial charge in [-0.1, -0.05) is 24.3 Å². The summed E-state index contributed by atoms with van der Waals surface area (Å²) >= 11 is 0. The molecular formula is C19H29N3O2. The van der Waals surface area contributed by atoms with Crippen LogP contribution in [-0.2, 0) is 9.59 Å². The Bertz CT molecular complexity index is 473. The lowest BCUT2D eigenvalue weighted by atomic mass is 9.71. The number of nitrogens with two attached hydrogens (primary N) is 1. The van der Waals surface area contributed by atoms with Crippen molar-refractivity contribution in [3.8, 4) is 0 Å². The lowest BCUT2D eigenvalue weighted by molar-refractivity contribution is -0.153. The van der Waals surface area contributed by atoms with E-state index in [1.165, 1.54) is 0 Å². The van der Waals surface area contributed by atoms with Gasteiger partial charge in [0.05, 0.1) is 0 Å². The maximum Gasteiger partial charge on any atom is 0.323 e. The number of primary amides is 1. The zero-order valence-corrected chi connectivity index (χ0v) is 14.4. The molecule has 24 heavy (non-hydrogen) atoms. The molecule has 0 radical (unpaired) electrons. The standard InChI is InChI=1S/C19H29N3O2/c1-5-10-18(11-6-2)14-9-15-19(12-7-3,13-8-4)22(18)21-17(24)16(20)23/h5-8H,1-4,9-15H2,(H2,20,23)(H,21,24). The molecule has 0 bridgehead atoms. The Kier molecular flexibility index (Phi) is 7.17. The van der Waals surface area contributed by atoms with Crippen LogP contribution in [0.4, 0.5) is 0 Å². The predicted octanol–water partition coefficient (Wildman–Crippen LogP) is 2.77. The highest BCUT2D eigenvalue weighted by molar-refractivity contribution is 6.34. The van der Waals surface area contributed by atoms with Crippen molar-refractivity contribution in [2.75, 3.05) is 0 Å². The first-order chi connectivity index (χ1) is 11.4. The molecule has 0 aromatic carbocycles. The lowest BCUT2D eigenvalue weighted by Gasteiger charge is -2.57. The molecule has 0 unspecified atom stereocenters. The summed E-state index contributed by atoms with van der Waals surface area (Å²) in [6.45, 7) is 15.5. The van der Waals surface area contributed by atoms with E-state index in [4.69, 9.17) is 5.73 Å². The summed E-state index contributed by atoms with van der Waals surface area (Å²) in [6.07, 6.45) is 12.7. The van der Waals surface area contributed by atoms with Crippen LogP contribution in [0.2, 0.25) is 0 Å². The van der Waals surface area contributed by atoms with E-state index in [1.807, 2.05) is 29.3 Å². The second-order valence-corrected chi connectivity index (χ2v) is 6.41. The smallest absolute Gasteiger partial charge is 0.323 e. The summed E-state index contributed by atoms with van der Waals surface area (Å²) in [4.78, 5) is 23.4. The van der Waals surface area contributed by atoms with Crippen molar-refractivity contribution in [1.29, 1.82) is 0 Å². The van der Waals surface area contributed by atoms with Crippen LogP contribution in [-0.4, -0.2) is 27.9 Å². The first-order valence-corrected chi connectivity index (χ1v) is 8.26. The van der Waals surface area contributed by atoms with Crippen LogP contribution in [0.1, 0.15) is 44.9 Å². The topological polar surface area (TPSA) is 75.4 Å². The van der Waals surface area contributed by atoms with Crippen LogP contribution < -0.4 is 11.2 Å². The van der Waals surface area contributed by atoms with Crippen LogP contribution in [0.3, 0.4) is 0 Å². The average Bonchev–Trinajstić information content (AvgIpc) is 2.52. The van der Waals surface area contributed by atoms with Gasteiger partial charge in [-0.25, -0.2) is 5.01 Å². The van der Waals surface area contributed by atoms with Gasteiger partial charge in [-0.15, -0.1) is 26.3 Å². The van der Waals surface area contributed by atoms with Gasteiger partial charge in [-0.3, -0.25) is 15.0 Å². The maximum absolute atomic E-state index is 12.1. The van der Waals surface area contributed by atoms with E-state index in [0.29, 0.717) is 25.7 Å². The fourth-order valence-electron chi connectivity index (χ4n) is 3.88. The number of hydrazine groups is 1. The van der Waals surface area contributed by atoms with Crippen molar-refractivity contribution in [3.05, 3.63) is 50.6 Å². The molecule has 0 spiro atoms. The van der Waals surface area contributed by atoms with E-state index in [2.05, 4.69) is 31.7 Å². The Morgan fingerprint density at radius 2 is 1.29 bits per heavy atom. The summed E-state index contributed by atoms with van der Waals surface area (Å²) < 4.78 is 0. The van der Waals surface area contributed by atoms with E-state index >= 15 is 0 Å². The molecule has 132 valence electrons. The van der Waals surface area contributed by atoms with Crippen LogP contribution >= 0.6 is 0 Å². The number of carbonyl (C=O) groups is 2. The maximum atomic E-state index is 12.1. The summed E-state index contributed by atoms with van der Waals surface area (Å²) in [5.41, 5.74) is 7.16. The first kappa shape index (κ1) is 19.9. The lowest BCUT2D eigenvalue weighted by Crippen LogP contribution is -2.70. The number of rotatable bonds is 9. The van der Waals surface area contributed by atoms with Gasteiger partial charge in [0.1, 0.15) is 0 Å². The van der Waals surface area contributed by atoms with E-state index in [-0.39, 0.29) is 0 Å². The molecule has 3 N–H and O–H groups in total. The van der Waals surface area contributed by atoms with E-state index in [1.54, 1.807) is 0 Å². The van der Waals surface area contributed by atoms with Gasteiger partial charge in [0, 0.05) is 11.1 Å². The van der Waals surface area contributed by atoms with Gasteiger partial charge in [-0.05, 0) is 44.9 Å². The van der Waals surface area contributed by atoms with Gasteiger partial charge in [0.25, 0.3) is 0 Å². The molecule has 0 aliphatic carbocycles. The highest BCUT2D eigenvalue weighted by atomic mass is 16.2. The zero-order chi connectivity index (χ0) is 18.2. The van der Waals surface area contributed by atoms with Crippen LogP contribution in [0, 0.1) is 0 Å². The minimum Gasteiger partial charge on any atom is -0.361 e. The van der Waals surface area contributed by atoms with Crippen LogP contribution in [0.25, 0.3) is 0 Å². The minimum absolute atomic E-state index is 0.390. The number of hydrogen-bond acceptors (Lipinski definition) is 3. The zero-order valence-electron chi connectivity index (χ0n) is 14.4. The van der Waals surface area contributed by atoms with Crippen molar-refractivity contribution in [1.82, 2.24) is 10.4 Å². The number of nitrogens with one attached hydrogen (secondary N) is 1. The van der Waals surface area contributed by atoms with Crippen LogP contribution in [0.15, 0.2) is 50.6 Å². The third kappa shape index (κ3) is 4.03. The Balaban J connectivity index is 3.43. The molecule has 1 aliphatic heterocycles. The fraction of sp³-hybridized carbons (Fsp3) is 0.474. The van der Waals surface area contributed by atoms with E-state index < -0.39 is 22.9 Å². The van der Waals surface area contributed by atoms with Crippen molar-refractivity contribution in [3.63, 3.8) is 0 Å². The molecule has 2 amide bonds. The molecule has 5 nitrogen and oxygen atoms in total. The molecular weight excluding hydrogens is 302 g/mol. The highest BCUT2D eigenvalue weighted by Crippen LogP contribution is 2.45. The van der Waals surface area contributed by atoms with Crippen molar-refractivity contribution >= 4 is 11.8 Å². The third-order valence-corrected chi connectivity index (χ3v) is 4.77. The Labute approximate surface area is 144 Å². The van der Waals surface area contributed by atoms with E-state index in [9.17, 15) is 9.59 Å². The number of hydrogen-bond donors (Lipinski definition) is 2. The van der Waals surface area contributed by atoms with Crippen molar-refractivity contribution < 1.29 is 9.59 Å². The minimum atomic E-state index is -1.00. The number of amides is 2. The molecule has 1 heterocycles.